The Morgan fingerprint density at radius 3 is 2.70 bits per heavy atom. The Kier molecular flexibility index (Phi) is 5.77. The molecule has 0 spiro atoms. The fourth-order valence-electron chi connectivity index (χ4n) is 4.11. The molecule has 33 heavy (non-hydrogen) atoms. The molecule has 0 saturated carbocycles. The Morgan fingerprint density at radius 2 is 1.85 bits per heavy atom. The molecule has 6 heteroatoms. The zero-order valence-corrected chi connectivity index (χ0v) is 18.4. The molecule has 0 fully saturated rings. The van der Waals surface area contributed by atoms with E-state index in [2.05, 4.69) is 6.07 Å². The summed E-state index contributed by atoms with van der Waals surface area (Å²) in [6, 6.07) is 23.2. The lowest BCUT2D eigenvalue weighted by molar-refractivity contribution is -0.147. The first-order chi connectivity index (χ1) is 16.2. The number of carbonyl (C=O) groups is 1. The first-order valence-electron chi connectivity index (χ1n) is 10.6. The third-order valence-electron chi connectivity index (χ3n) is 5.76. The average molecular weight is 441 g/mol. The minimum atomic E-state index is -0.555. The number of carbonyl (C=O) groups excluding carboxylic acids is 1. The minimum Gasteiger partial charge on any atom is -0.496 e. The molecular formula is C27H23NO5. The number of benzene rings is 3. The highest BCUT2D eigenvalue weighted by Gasteiger charge is 2.27. The minimum absolute atomic E-state index is 0.260. The number of aromatic nitrogens is 1. The summed E-state index contributed by atoms with van der Waals surface area (Å²) in [5, 5.41) is 1.08. The van der Waals surface area contributed by atoms with Crippen LogP contribution >= 0.6 is 0 Å². The Bertz CT molecular complexity index is 1330. The van der Waals surface area contributed by atoms with Crippen molar-refractivity contribution in [1.82, 2.24) is 4.98 Å². The van der Waals surface area contributed by atoms with Gasteiger partial charge in [0.15, 0.2) is 0 Å². The molecule has 0 N–H and O–H groups in total. The second-order valence-corrected chi connectivity index (χ2v) is 7.74. The Labute approximate surface area is 191 Å². The van der Waals surface area contributed by atoms with Crippen LogP contribution in [0.5, 0.6) is 5.75 Å². The lowest BCUT2D eigenvalue weighted by Crippen LogP contribution is -2.06. The van der Waals surface area contributed by atoms with E-state index in [0.29, 0.717) is 17.9 Å². The molecule has 1 aliphatic heterocycles. The van der Waals surface area contributed by atoms with Crippen LogP contribution in [0, 0.1) is 0 Å². The SMILES string of the molecule is COC(=O)c1ccccc1-c1ccc(OC)c(COC2OCc3cc4ccccc4nc32)c1. The number of pyridine rings is 1. The third kappa shape index (κ3) is 4.06. The number of fused-ring (bicyclic) bond motifs is 2. The van der Waals surface area contributed by atoms with E-state index in [0.717, 1.165) is 38.9 Å². The van der Waals surface area contributed by atoms with Gasteiger partial charge in [0.25, 0.3) is 0 Å². The molecule has 3 aromatic carbocycles. The topological polar surface area (TPSA) is 66.9 Å². The number of nitrogens with zero attached hydrogens (tertiary/aromatic N) is 1. The number of hydrogen-bond donors (Lipinski definition) is 0. The number of para-hydroxylation sites is 1. The van der Waals surface area contributed by atoms with Crippen molar-refractivity contribution in [2.75, 3.05) is 14.2 Å². The number of methoxy groups -OCH3 is 2. The number of rotatable bonds is 6. The number of ether oxygens (including phenoxy) is 4. The molecule has 0 bridgehead atoms. The van der Waals surface area contributed by atoms with E-state index in [1.165, 1.54) is 7.11 Å². The van der Waals surface area contributed by atoms with Gasteiger partial charge >= 0.3 is 5.97 Å². The van der Waals surface area contributed by atoms with E-state index >= 15 is 0 Å². The van der Waals surface area contributed by atoms with Crippen molar-refractivity contribution < 1.29 is 23.7 Å². The van der Waals surface area contributed by atoms with Gasteiger partial charge < -0.3 is 18.9 Å². The van der Waals surface area contributed by atoms with Crippen LogP contribution in [-0.2, 0) is 27.4 Å². The summed E-state index contributed by atoms with van der Waals surface area (Å²) in [4.78, 5) is 17.0. The fraction of sp³-hybridized carbons (Fsp3) is 0.185. The standard InChI is InChI=1S/C27H23NO5/c1-30-24-12-11-17(21-8-4-5-9-22(21)26(29)31-2)13-19(24)15-32-27-25-20(16-33-27)14-18-7-3-6-10-23(18)28-25/h3-14,27H,15-16H2,1-2H3. The first kappa shape index (κ1) is 21.1. The predicted octanol–water partition coefficient (Wildman–Crippen LogP) is 5.44. The molecular weight excluding hydrogens is 418 g/mol. The van der Waals surface area contributed by atoms with Crippen LogP contribution < -0.4 is 4.74 Å². The monoisotopic (exact) mass is 441 g/mol. The summed E-state index contributed by atoms with van der Waals surface area (Å²) in [5.74, 6) is 0.312. The summed E-state index contributed by atoms with van der Waals surface area (Å²) in [5.41, 5.74) is 5.74. The number of esters is 1. The average Bonchev–Trinajstić information content (AvgIpc) is 3.27. The summed E-state index contributed by atoms with van der Waals surface area (Å²) < 4.78 is 22.5. The van der Waals surface area contributed by atoms with E-state index in [-0.39, 0.29) is 12.6 Å². The van der Waals surface area contributed by atoms with Gasteiger partial charge in [-0.1, -0.05) is 42.5 Å². The first-order valence-corrected chi connectivity index (χ1v) is 10.6. The lowest BCUT2D eigenvalue weighted by Gasteiger charge is -2.16. The van der Waals surface area contributed by atoms with Crippen LogP contribution in [0.4, 0.5) is 0 Å². The molecule has 0 aliphatic carbocycles. The molecule has 1 aliphatic rings. The zero-order chi connectivity index (χ0) is 22.8. The van der Waals surface area contributed by atoms with Gasteiger partial charge in [0, 0.05) is 16.5 Å². The smallest absolute Gasteiger partial charge is 0.338 e. The second kappa shape index (κ2) is 9.02. The van der Waals surface area contributed by atoms with E-state index < -0.39 is 6.29 Å². The molecule has 1 atom stereocenters. The quantitative estimate of drug-likeness (QED) is 0.371. The highest BCUT2D eigenvalue weighted by molar-refractivity contribution is 5.97. The van der Waals surface area contributed by atoms with Crippen LogP contribution in [0.1, 0.15) is 33.5 Å². The molecule has 0 radical (unpaired) electrons. The normalized spacial score (nSPS) is 14.8. The van der Waals surface area contributed by atoms with Gasteiger partial charge in [-0.25, -0.2) is 9.78 Å². The van der Waals surface area contributed by atoms with Crippen LogP contribution in [0.2, 0.25) is 0 Å². The van der Waals surface area contributed by atoms with E-state index in [9.17, 15) is 4.79 Å². The second-order valence-electron chi connectivity index (χ2n) is 7.74. The Balaban J connectivity index is 1.43. The molecule has 2 heterocycles. The van der Waals surface area contributed by atoms with E-state index in [4.69, 9.17) is 23.9 Å². The Hall–Kier alpha value is -3.74. The zero-order valence-electron chi connectivity index (χ0n) is 18.4. The van der Waals surface area contributed by atoms with Gasteiger partial charge in [-0.15, -0.1) is 0 Å². The van der Waals surface area contributed by atoms with Crippen molar-refractivity contribution in [2.45, 2.75) is 19.5 Å². The van der Waals surface area contributed by atoms with Crippen molar-refractivity contribution >= 4 is 16.9 Å². The fourth-order valence-corrected chi connectivity index (χ4v) is 4.11. The summed E-state index contributed by atoms with van der Waals surface area (Å²) in [6.45, 7) is 0.720. The van der Waals surface area contributed by atoms with Gasteiger partial charge in [-0.3, -0.25) is 0 Å². The maximum atomic E-state index is 12.2. The third-order valence-corrected chi connectivity index (χ3v) is 5.76. The van der Waals surface area contributed by atoms with E-state index in [1.807, 2.05) is 60.7 Å². The van der Waals surface area contributed by atoms with E-state index in [1.54, 1.807) is 13.2 Å². The Morgan fingerprint density at radius 1 is 1.03 bits per heavy atom. The largest absolute Gasteiger partial charge is 0.496 e. The number of hydrogen-bond acceptors (Lipinski definition) is 6. The van der Waals surface area contributed by atoms with Crippen LogP contribution in [-0.4, -0.2) is 25.2 Å². The van der Waals surface area contributed by atoms with Gasteiger partial charge in [0.05, 0.1) is 38.5 Å². The molecule has 4 aromatic rings. The van der Waals surface area contributed by atoms with Crippen molar-refractivity contribution in [1.29, 1.82) is 0 Å². The highest BCUT2D eigenvalue weighted by atomic mass is 16.7. The highest BCUT2D eigenvalue weighted by Crippen LogP contribution is 2.35. The van der Waals surface area contributed by atoms with Crippen molar-refractivity contribution in [3.63, 3.8) is 0 Å². The van der Waals surface area contributed by atoms with Crippen LogP contribution in [0.25, 0.3) is 22.0 Å². The molecule has 1 aromatic heterocycles. The molecule has 5 rings (SSSR count). The van der Waals surface area contributed by atoms with Gasteiger partial charge in [-0.05, 0) is 41.5 Å². The lowest BCUT2D eigenvalue weighted by atomic mass is 9.98. The molecule has 166 valence electrons. The molecule has 1 unspecified atom stereocenters. The predicted molar refractivity (Wildman–Crippen MR) is 124 cm³/mol. The molecule has 0 amide bonds. The van der Waals surface area contributed by atoms with Gasteiger partial charge in [-0.2, -0.15) is 0 Å². The van der Waals surface area contributed by atoms with Crippen molar-refractivity contribution in [3.05, 3.63) is 95.2 Å². The van der Waals surface area contributed by atoms with Crippen molar-refractivity contribution in [2.24, 2.45) is 0 Å². The van der Waals surface area contributed by atoms with Crippen molar-refractivity contribution in [3.8, 4) is 16.9 Å². The van der Waals surface area contributed by atoms with Crippen LogP contribution in [0.3, 0.4) is 0 Å². The summed E-state index contributed by atoms with van der Waals surface area (Å²) in [7, 11) is 3.00. The van der Waals surface area contributed by atoms with Gasteiger partial charge in [0.2, 0.25) is 6.29 Å². The maximum absolute atomic E-state index is 12.2. The summed E-state index contributed by atoms with van der Waals surface area (Å²) >= 11 is 0. The van der Waals surface area contributed by atoms with Crippen LogP contribution in [0.15, 0.2) is 72.8 Å². The maximum Gasteiger partial charge on any atom is 0.338 e. The summed E-state index contributed by atoms with van der Waals surface area (Å²) in [6.07, 6.45) is -0.555. The van der Waals surface area contributed by atoms with Gasteiger partial charge in [0.1, 0.15) is 11.4 Å². The molecule has 6 nitrogen and oxygen atoms in total. The molecule has 0 saturated heterocycles.